The normalized spacial score (nSPS) is 20.5. The largest absolute Gasteiger partial charge is 0.381 e. The van der Waals surface area contributed by atoms with E-state index < -0.39 is 0 Å². The van der Waals surface area contributed by atoms with Crippen molar-refractivity contribution in [3.63, 3.8) is 0 Å². The average molecular weight is 233 g/mol. The first kappa shape index (κ1) is 12.6. The number of hydrogen-bond donors (Lipinski definition) is 1. The third-order valence-corrected chi connectivity index (χ3v) is 3.30. The van der Waals surface area contributed by atoms with E-state index in [0.717, 1.165) is 26.3 Å². The standard InChI is InChI=1S/C15H23NO/c1-12-6-13(2)8-15(7-12)10-16-9-14-4-3-5-17-11-14/h6-8,14,16H,3-5,9-11H2,1-2H3/t14-/m1/s1. The maximum absolute atomic E-state index is 5.48. The number of nitrogens with one attached hydrogen (secondary N) is 1. The van der Waals surface area contributed by atoms with Crippen LogP contribution in [0.15, 0.2) is 18.2 Å². The summed E-state index contributed by atoms with van der Waals surface area (Å²) in [5.41, 5.74) is 4.09. The van der Waals surface area contributed by atoms with Crippen LogP contribution in [0, 0.1) is 19.8 Å². The predicted molar refractivity (Wildman–Crippen MR) is 71.2 cm³/mol. The van der Waals surface area contributed by atoms with Gasteiger partial charge in [-0.2, -0.15) is 0 Å². The van der Waals surface area contributed by atoms with Gasteiger partial charge in [0, 0.05) is 19.7 Å². The molecule has 0 bridgehead atoms. The van der Waals surface area contributed by atoms with Crippen molar-refractivity contribution >= 4 is 0 Å². The van der Waals surface area contributed by atoms with E-state index in [4.69, 9.17) is 4.74 Å². The molecule has 0 aliphatic carbocycles. The van der Waals surface area contributed by atoms with Crippen LogP contribution >= 0.6 is 0 Å². The van der Waals surface area contributed by atoms with E-state index >= 15 is 0 Å². The Labute approximate surface area is 104 Å². The maximum Gasteiger partial charge on any atom is 0.0506 e. The molecule has 1 saturated heterocycles. The molecule has 0 amide bonds. The molecule has 0 radical (unpaired) electrons. The van der Waals surface area contributed by atoms with Gasteiger partial charge in [0.1, 0.15) is 0 Å². The highest BCUT2D eigenvalue weighted by Gasteiger charge is 2.12. The van der Waals surface area contributed by atoms with Gasteiger partial charge < -0.3 is 10.1 Å². The average Bonchev–Trinajstić information content (AvgIpc) is 2.29. The Balaban J connectivity index is 1.77. The molecule has 1 atom stereocenters. The number of rotatable bonds is 4. The molecule has 1 N–H and O–H groups in total. The molecule has 2 rings (SSSR count). The lowest BCUT2D eigenvalue weighted by Crippen LogP contribution is -2.28. The zero-order valence-electron chi connectivity index (χ0n) is 11.0. The van der Waals surface area contributed by atoms with Crippen molar-refractivity contribution in [1.29, 1.82) is 0 Å². The lowest BCUT2D eigenvalue weighted by Gasteiger charge is -2.22. The van der Waals surface area contributed by atoms with Crippen LogP contribution in [0.5, 0.6) is 0 Å². The van der Waals surface area contributed by atoms with Gasteiger partial charge in [0.25, 0.3) is 0 Å². The molecular weight excluding hydrogens is 210 g/mol. The summed E-state index contributed by atoms with van der Waals surface area (Å²) < 4.78 is 5.48. The van der Waals surface area contributed by atoms with Crippen molar-refractivity contribution in [3.8, 4) is 0 Å². The van der Waals surface area contributed by atoms with Crippen molar-refractivity contribution in [1.82, 2.24) is 5.32 Å². The zero-order valence-corrected chi connectivity index (χ0v) is 11.0. The van der Waals surface area contributed by atoms with E-state index in [0.29, 0.717) is 5.92 Å². The summed E-state index contributed by atoms with van der Waals surface area (Å²) >= 11 is 0. The van der Waals surface area contributed by atoms with Gasteiger partial charge in [-0.1, -0.05) is 29.3 Å². The second-order valence-electron chi connectivity index (χ2n) is 5.21. The van der Waals surface area contributed by atoms with E-state index in [1.54, 1.807) is 0 Å². The molecule has 2 nitrogen and oxygen atoms in total. The van der Waals surface area contributed by atoms with Gasteiger partial charge in [0.05, 0.1) is 6.61 Å². The first-order chi connectivity index (χ1) is 8.24. The fourth-order valence-corrected chi connectivity index (χ4v) is 2.56. The van der Waals surface area contributed by atoms with Gasteiger partial charge >= 0.3 is 0 Å². The molecule has 1 aromatic carbocycles. The Morgan fingerprint density at radius 3 is 2.65 bits per heavy atom. The van der Waals surface area contributed by atoms with Crippen LogP contribution in [0.2, 0.25) is 0 Å². The van der Waals surface area contributed by atoms with Crippen LogP contribution in [-0.4, -0.2) is 19.8 Å². The first-order valence-electron chi connectivity index (χ1n) is 6.59. The summed E-state index contributed by atoms with van der Waals surface area (Å²) in [6.07, 6.45) is 2.52. The van der Waals surface area contributed by atoms with E-state index in [2.05, 4.69) is 37.4 Å². The number of ether oxygens (including phenoxy) is 1. The van der Waals surface area contributed by atoms with Crippen molar-refractivity contribution in [3.05, 3.63) is 34.9 Å². The molecule has 1 fully saturated rings. The Hall–Kier alpha value is -0.860. The summed E-state index contributed by atoms with van der Waals surface area (Å²) in [6.45, 7) is 8.25. The van der Waals surface area contributed by atoms with Gasteiger partial charge in [0.2, 0.25) is 0 Å². The minimum absolute atomic E-state index is 0.703. The Morgan fingerprint density at radius 1 is 1.24 bits per heavy atom. The molecular formula is C15H23NO. The third-order valence-electron chi connectivity index (χ3n) is 3.30. The fraction of sp³-hybridized carbons (Fsp3) is 0.600. The zero-order chi connectivity index (χ0) is 12.1. The smallest absolute Gasteiger partial charge is 0.0506 e. The van der Waals surface area contributed by atoms with Gasteiger partial charge in [-0.25, -0.2) is 0 Å². The quantitative estimate of drug-likeness (QED) is 0.863. The van der Waals surface area contributed by atoms with Crippen molar-refractivity contribution < 1.29 is 4.74 Å². The molecule has 2 heteroatoms. The second kappa shape index (κ2) is 6.18. The maximum atomic E-state index is 5.48. The minimum Gasteiger partial charge on any atom is -0.381 e. The molecule has 1 aliphatic rings. The van der Waals surface area contributed by atoms with E-state index in [1.165, 1.54) is 29.5 Å². The molecule has 0 aromatic heterocycles. The van der Waals surface area contributed by atoms with Crippen LogP contribution in [0.4, 0.5) is 0 Å². The summed E-state index contributed by atoms with van der Waals surface area (Å²) in [4.78, 5) is 0. The number of benzene rings is 1. The summed E-state index contributed by atoms with van der Waals surface area (Å²) in [5.74, 6) is 0.703. The highest BCUT2D eigenvalue weighted by atomic mass is 16.5. The topological polar surface area (TPSA) is 21.3 Å². The minimum atomic E-state index is 0.703. The lowest BCUT2D eigenvalue weighted by atomic mass is 10.0. The Kier molecular flexibility index (Phi) is 4.57. The highest BCUT2D eigenvalue weighted by Crippen LogP contribution is 2.13. The molecule has 0 spiro atoms. The summed E-state index contributed by atoms with van der Waals surface area (Å²) in [5, 5.41) is 3.55. The monoisotopic (exact) mass is 233 g/mol. The van der Waals surface area contributed by atoms with Crippen molar-refractivity contribution in [2.75, 3.05) is 19.8 Å². The van der Waals surface area contributed by atoms with Gasteiger partial charge in [-0.05, 0) is 38.2 Å². The van der Waals surface area contributed by atoms with Crippen LogP contribution < -0.4 is 5.32 Å². The molecule has 0 saturated carbocycles. The molecule has 1 aromatic rings. The van der Waals surface area contributed by atoms with Crippen LogP contribution in [0.3, 0.4) is 0 Å². The fourth-order valence-electron chi connectivity index (χ4n) is 2.56. The van der Waals surface area contributed by atoms with Crippen molar-refractivity contribution in [2.45, 2.75) is 33.2 Å². The molecule has 1 heterocycles. The van der Waals surface area contributed by atoms with E-state index in [1.807, 2.05) is 0 Å². The highest BCUT2D eigenvalue weighted by molar-refractivity contribution is 5.28. The summed E-state index contributed by atoms with van der Waals surface area (Å²) in [6, 6.07) is 6.74. The second-order valence-corrected chi connectivity index (χ2v) is 5.21. The lowest BCUT2D eigenvalue weighted by molar-refractivity contribution is 0.0547. The Bertz CT molecular complexity index is 336. The molecule has 1 aliphatic heterocycles. The molecule has 0 unspecified atom stereocenters. The van der Waals surface area contributed by atoms with Crippen LogP contribution in [0.1, 0.15) is 29.5 Å². The molecule has 17 heavy (non-hydrogen) atoms. The predicted octanol–water partition coefficient (Wildman–Crippen LogP) is 2.82. The Morgan fingerprint density at radius 2 is 2.00 bits per heavy atom. The van der Waals surface area contributed by atoms with Crippen LogP contribution in [-0.2, 0) is 11.3 Å². The van der Waals surface area contributed by atoms with Gasteiger partial charge in [0.15, 0.2) is 0 Å². The van der Waals surface area contributed by atoms with Crippen LogP contribution in [0.25, 0.3) is 0 Å². The number of hydrogen-bond acceptors (Lipinski definition) is 2. The molecule has 94 valence electrons. The first-order valence-corrected chi connectivity index (χ1v) is 6.59. The third kappa shape index (κ3) is 4.14. The van der Waals surface area contributed by atoms with Crippen molar-refractivity contribution in [2.24, 2.45) is 5.92 Å². The van der Waals surface area contributed by atoms with E-state index in [9.17, 15) is 0 Å². The van der Waals surface area contributed by atoms with Gasteiger partial charge in [-0.3, -0.25) is 0 Å². The van der Waals surface area contributed by atoms with E-state index in [-0.39, 0.29) is 0 Å². The SMILES string of the molecule is Cc1cc(C)cc(CNC[C@H]2CCCOC2)c1. The number of aryl methyl sites for hydroxylation is 2. The summed E-state index contributed by atoms with van der Waals surface area (Å²) in [7, 11) is 0. The van der Waals surface area contributed by atoms with Gasteiger partial charge in [-0.15, -0.1) is 0 Å².